The summed E-state index contributed by atoms with van der Waals surface area (Å²) in [5, 5.41) is 0.983. The van der Waals surface area contributed by atoms with Crippen molar-refractivity contribution in [3.8, 4) is 0 Å². The molecule has 0 saturated heterocycles. The summed E-state index contributed by atoms with van der Waals surface area (Å²) in [6.07, 6.45) is 0.673. The third kappa shape index (κ3) is 4.21. The van der Waals surface area contributed by atoms with Crippen molar-refractivity contribution in [2.45, 2.75) is 17.9 Å². The van der Waals surface area contributed by atoms with E-state index in [1.807, 2.05) is 24.3 Å². The normalized spacial score (nSPS) is 15.0. The Morgan fingerprint density at radius 1 is 1.03 bits per heavy atom. The lowest BCUT2D eigenvalue weighted by molar-refractivity contribution is 0.0998. The van der Waals surface area contributed by atoms with Gasteiger partial charge in [-0.05, 0) is 53.9 Å². The van der Waals surface area contributed by atoms with Crippen LogP contribution in [0.25, 0.3) is 10.2 Å². The maximum absolute atomic E-state index is 13.2. The Morgan fingerprint density at radius 3 is 2.47 bits per heavy atom. The monoisotopic (exact) mass is 531 g/mol. The Bertz CT molecular complexity index is 1610. The molecule has 0 saturated carbocycles. The number of carbonyl (C=O) groups excluding carboxylic acids is 1. The van der Waals surface area contributed by atoms with Crippen LogP contribution in [-0.4, -0.2) is 29.7 Å². The van der Waals surface area contributed by atoms with Gasteiger partial charge in [-0.25, -0.2) is 8.42 Å². The van der Waals surface area contributed by atoms with Gasteiger partial charge in [-0.2, -0.15) is 9.30 Å². The molecule has 4 aromatic rings. The average molecular weight is 532 g/mol. The lowest BCUT2D eigenvalue weighted by Crippen LogP contribution is -2.35. The Morgan fingerprint density at radius 2 is 1.74 bits per heavy atom. The number of carbonyl (C=O) groups is 1. The summed E-state index contributed by atoms with van der Waals surface area (Å²) in [5.41, 5.74) is 3.23. The molecule has 1 aromatic heterocycles. The van der Waals surface area contributed by atoms with Crippen molar-refractivity contribution in [3.63, 3.8) is 0 Å². The molecule has 0 atom stereocenters. The van der Waals surface area contributed by atoms with E-state index < -0.39 is 15.9 Å². The number of thiazole rings is 1. The van der Waals surface area contributed by atoms with Gasteiger partial charge in [0, 0.05) is 30.7 Å². The van der Waals surface area contributed by atoms with E-state index in [1.165, 1.54) is 45.5 Å². The molecular weight excluding hydrogens is 513 g/mol. The second-order valence-electron chi connectivity index (χ2n) is 7.98. The number of halogens is 2. The van der Waals surface area contributed by atoms with Crippen LogP contribution in [0.4, 0.5) is 0 Å². The molecule has 0 bridgehead atoms. The number of nitrogens with zero attached hydrogens (tertiary/aromatic N) is 3. The SMILES string of the molecule is Cn1c(=NC(=O)c2ccc(S(=O)(=O)N3CCc4ccccc4C3)cc2)sc2cc(Cl)cc(Cl)c21. The molecule has 0 fully saturated rings. The van der Waals surface area contributed by atoms with Gasteiger partial charge in [0.2, 0.25) is 10.0 Å². The van der Waals surface area contributed by atoms with Gasteiger partial charge >= 0.3 is 0 Å². The van der Waals surface area contributed by atoms with Crippen LogP contribution in [0.2, 0.25) is 10.0 Å². The number of aryl methyl sites for hydroxylation is 1. The third-order valence-corrected chi connectivity index (χ3v) is 9.29. The zero-order valence-corrected chi connectivity index (χ0v) is 21.2. The lowest BCUT2D eigenvalue weighted by Gasteiger charge is -2.28. The topological polar surface area (TPSA) is 71.7 Å². The Balaban J connectivity index is 1.41. The lowest BCUT2D eigenvalue weighted by atomic mass is 10.0. The van der Waals surface area contributed by atoms with E-state index >= 15 is 0 Å². The van der Waals surface area contributed by atoms with Gasteiger partial charge in [0.1, 0.15) is 0 Å². The molecule has 6 nitrogen and oxygen atoms in total. The number of aromatic nitrogens is 1. The first kappa shape index (κ1) is 23.3. The minimum Gasteiger partial charge on any atom is -0.318 e. The fourth-order valence-corrected chi connectivity index (χ4v) is 7.29. The summed E-state index contributed by atoms with van der Waals surface area (Å²) in [7, 11) is -1.90. The van der Waals surface area contributed by atoms with Crippen molar-refractivity contribution in [1.29, 1.82) is 0 Å². The standard InChI is InChI=1S/C24H19Cl2N3O3S2/c1-28-22-20(26)12-18(25)13-21(22)33-24(28)27-23(30)16-6-8-19(9-7-16)34(31,32)29-11-10-15-4-2-3-5-17(15)14-29/h2-9,12-13H,10-11,14H2,1H3. The van der Waals surface area contributed by atoms with Gasteiger partial charge in [-0.15, -0.1) is 0 Å². The van der Waals surface area contributed by atoms with Crippen molar-refractivity contribution >= 4 is 60.7 Å². The van der Waals surface area contributed by atoms with Crippen LogP contribution in [0.3, 0.4) is 0 Å². The first-order valence-electron chi connectivity index (χ1n) is 10.4. The Labute approximate surface area is 210 Å². The van der Waals surface area contributed by atoms with Gasteiger partial charge in [0.05, 0.1) is 20.1 Å². The van der Waals surface area contributed by atoms with Crippen molar-refractivity contribution in [1.82, 2.24) is 8.87 Å². The molecule has 5 rings (SSSR count). The molecule has 10 heteroatoms. The highest BCUT2D eigenvalue weighted by Gasteiger charge is 2.28. The minimum atomic E-state index is -3.68. The largest absolute Gasteiger partial charge is 0.318 e. The van der Waals surface area contributed by atoms with Crippen molar-refractivity contribution < 1.29 is 13.2 Å². The highest BCUT2D eigenvalue weighted by Crippen LogP contribution is 2.29. The van der Waals surface area contributed by atoms with E-state index in [0.717, 1.165) is 15.8 Å². The summed E-state index contributed by atoms with van der Waals surface area (Å²) in [6, 6.07) is 17.2. The molecule has 34 heavy (non-hydrogen) atoms. The maximum Gasteiger partial charge on any atom is 0.279 e. The quantitative estimate of drug-likeness (QED) is 0.372. The highest BCUT2D eigenvalue weighted by atomic mass is 35.5. The van der Waals surface area contributed by atoms with E-state index in [2.05, 4.69) is 4.99 Å². The third-order valence-electron chi connectivity index (χ3n) is 5.85. The van der Waals surface area contributed by atoms with Crippen LogP contribution in [0.5, 0.6) is 0 Å². The fraction of sp³-hybridized carbons (Fsp3) is 0.167. The molecule has 3 aromatic carbocycles. The van der Waals surface area contributed by atoms with Crippen molar-refractivity contribution in [2.75, 3.05) is 6.54 Å². The van der Waals surface area contributed by atoms with Crippen LogP contribution >= 0.6 is 34.5 Å². The van der Waals surface area contributed by atoms with Crippen LogP contribution in [0.15, 0.2) is 70.6 Å². The van der Waals surface area contributed by atoms with Gasteiger partial charge in [-0.3, -0.25) is 4.79 Å². The van der Waals surface area contributed by atoms with Crippen molar-refractivity contribution in [2.24, 2.45) is 12.0 Å². The first-order valence-corrected chi connectivity index (χ1v) is 13.5. The van der Waals surface area contributed by atoms with Crippen molar-refractivity contribution in [3.05, 3.63) is 92.2 Å². The van der Waals surface area contributed by atoms with Crippen LogP contribution in [-0.2, 0) is 30.0 Å². The molecule has 0 aliphatic carbocycles. The number of fused-ring (bicyclic) bond motifs is 2. The Kier molecular flexibility index (Phi) is 6.12. The van der Waals surface area contributed by atoms with E-state index in [4.69, 9.17) is 23.2 Å². The molecule has 174 valence electrons. The van der Waals surface area contributed by atoms with E-state index in [9.17, 15) is 13.2 Å². The summed E-state index contributed by atoms with van der Waals surface area (Å²) in [4.78, 5) is 17.6. The number of sulfonamides is 1. The number of amides is 1. The van der Waals surface area contributed by atoms with Gasteiger partial charge in [-0.1, -0.05) is 58.8 Å². The molecule has 1 aliphatic heterocycles. The maximum atomic E-state index is 13.2. The molecule has 0 spiro atoms. The zero-order valence-electron chi connectivity index (χ0n) is 18.0. The molecular formula is C24H19Cl2N3O3S2. The second-order valence-corrected chi connectivity index (χ2v) is 11.8. The fourth-order valence-electron chi connectivity index (χ4n) is 4.05. The smallest absolute Gasteiger partial charge is 0.279 e. The van der Waals surface area contributed by atoms with Gasteiger partial charge < -0.3 is 4.57 Å². The average Bonchev–Trinajstić information content (AvgIpc) is 3.13. The molecule has 1 aliphatic rings. The summed E-state index contributed by atoms with van der Waals surface area (Å²) in [5.74, 6) is -0.472. The zero-order chi connectivity index (χ0) is 24.0. The predicted molar refractivity (Wildman–Crippen MR) is 135 cm³/mol. The van der Waals surface area contributed by atoms with Crippen LogP contribution < -0.4 is 4.80 Å². The minimum absolute atomic E-state index is 0.150. The summed E-state index contributed by atoms with van der Waals surface area (Å²) in [6.45, 7) is 0.758. The molecule has 0 radical (unpaired) electrons. The van der Waals surface area contributed by atoms with E-state index in [-0.39, 0.29) is 4.90 Å². The number of benzene rings is 3. The van der Waals surface area contributed by atoms with Gasteiger partial charge in [0.15, 0.2) is 4.80 Å². The number of hydrogen-bond acceptors (Lipinski definition) is 4. The molecule has 0 N–H and O–H groups in total. The molecule has 0 unspecified atom stereocenters. The first-order chi connectivity index (χ1) is 16.2. The predicted octanol–water partition coefficient (Wildman–Crippen LogP) is 5.03. The summed E-state index contributed by atoms with van der Waals surface area (Å²) < 4.78 is 30.4. The molecule has 1 amide bonds. The second kappa shape index (κ2) is 8.94. The van der Waals surface area contributed by atoms with E-state index in [1.54, 1.807) is 23.7 Å². The number of hydrogen-bond donors (Lipinski definition) is 0. The highest BCUT2D eigenvalue weighted by molar-refractivity contribution is 7.89. The van der Waals surface area contributed by atoms with Crippen LogP contribution in [0, 0.1) is 0 Å². The van der Waals surface area contributed by atoms with Gasteiger partial charge in [0.25, 0.3) is 5.91 Å². The van der Waals surface area contributed by atoms with Crippen LogP contribution in [0.1, 0.15) is 21.5 Å². The van der Waals surface area contributed by atoms with E-state index in [0.29, 0.717) is 39.9 Å². The Hall–Kier alpha value is -2.49. The molecule has 2 heterocycles. The number of rotatable bonds is 3. The summed E-state index contributed by atoms with van der Waals surface area (Å²) >= 11 is 13.7.